The van der Waals surface area contributed by atoms with E-state index in [1.165, 1.54) is 0 Å². The van der Waals surface area contributed by atoms with Gasteiger partial charge in [-0.15, -0.1) is 0 Å². The van der Waals surface area contributed by atoms with E-state index < -0.39 is 11.5 Å². The lowest BCUT2D eigenvalue weighted by Gasteiger charge is -2.29. The molecule has 0 aromatic heterocycles. The number of hydrogen-bond donors (Lipinski definition) is 2. The first-order valence-electron chi connectivity index (χ1n) is 7.73. The number of quaternary nitrogens is 1. The Morgan fingerprint density at radius 3 is 2.43 bits per heavy atom. The molecule has 0 aromatic carbocycles. The average Bonchev–Trinajstić information content (AvgIpc) is 2.51. The number of likely N-dealkylation sites (N-methyl/N-ethyl adjacent to an activating group) is 1. The van der Waals surface area contributed by atoms with E-state index in [1.807, 2.05) is 27.9 Å². The second kappa shape index (κ2) is 10.5. The number of amides is 1. The molecule has 1 atom stereocenters. The van der Waals surface area contributed by atoms with Crippen molar-refractivity contribution >= 4 is 5.91 Å². The summed E-state index contributed by atoms with van der Waals surface area (Å²) < 4.78 is 5.66. The number of allylic oxidation sites excluding steroid dienone is 1. The molecule has 0 saturated heterocycles. The van der Waals surface area contributed by atoms with E-state index in [0.717, 1.165) is 19.4 Å². The molecular weight excluding hydrogens is 296 g/mol. The third-order valence-electron chi connectivity index (χ3n) is 3.67. The standard InChI is InChI=1S/C16H26N4O3/c1-5-13(2)15(21)19-7-6-8-20(3,4)9-10-23-16(22)14(11-17)12-18/h13H,5-10H2,1-4H3,(H-,19,21,22)/p+1. The molecule has 0 rings (SSSR count). The van der Waals surface area contributed by atoms with Crippen LogP contribution >= 0.6 is 0 Å². The van der Waals surface area contributed by atoms with Crippen LogP contribution in [-0.4, -0.2) is 55.8 Å². The predicted molar refractivity (Wildman–Crippen MR) is 85.8 cm³/mol. The summed E-state index contributed by atoms with van der Waals surface area (Å²) >= 11 is 0. The maximum absolute atomic E-state index is 11.6. The smallest absolute Gasteiger partial charge is 0.306 e. The van der Waals surface area contributed by atoms with Crippen LogP contribution in [0.1, 0.15) is 26.7 Å². The minimum absolute atomic E-state index is 0.0372. The SMILES string of the molecule is CCC(C)C(=O)NCCC[N+](C)(C)CCOC(O)=C(C#N)C#N. The Morgan fingerprint density at radius 1 is 1.30 bits per heavy atom. The summed E-state index contributed by atoms with van der Waals surface area (Å²) in [7, 11) is 4.02. The van der Waals surface area contributed by atoms with E-state index in [1.54, 1.807) is 12.1 Å². The van der Waals surface area contributed by atoms with Gasteiger partial charge in [-0.1, -0.05) is 13.8 Å². The van der Waals surface area contributed by atoms with Crippen LogP contribution in [-0.2, 0) is 9.53 Å². The highest BCUT2D eigenvalue weighted by molar-refractivity contribution is 5.78. The first kappa shape index (κ1) is 20.8. The van der Waals surface area contributed by atoms with Gasteiger partial charge in [-0.05, 0) is 6.42 Å². The van der Waals surface area contributed by atoms with E-state index in [0.29, 0.717) is 17.6 Å². The van der Waals surface area contributed by atoms with Gasteiger partial charge in [0.05, 0.1) is 20.6 Å². The van der Waals surface area contributed by atoms with Gasteiger partial charge in [0, 0.05) is 18.9 Å². The van der Waals surface area contributed by atoms with Crippen molar-refractivity contribution in [2.24, 2.45) is 5.92 Å². The molecule has 0 spiro atoms. The number of ether oxygens (including phenoxy) is 1. The predicted octanol–water partition coefficient (Wildman–Crippen LogP) is 1.45. The van der Waals surface area contributed by atoms with Crippen molar-refractivity contribution in [3.8, 4) is 12.1 Å². The van der Waals surface area contributed by atoms with Crippen molar-refractivity contribution in [3.63, 3.8) is 0 Å². The fourth-order valence-electron chi connectivity index (χ4n) is 1.77. The van der Waals surface area contributed by atoms with Crippen molar-refractivity contribution in [3.05, 3.63) is 11.5 Å². The number of rotatable bonds is 10. The molecule has 1 unspecified atom stereocenters. The maximum Gasteiger partial charge on any atom is 0.306 e. The van der Waals surface area contributed by atoms with Gasteiger partial charge in [0.2, 0.25) is 11.5 Å². The van der Waals surface area contributed by atoms with Gasteiger partial charge < -0.3 is 19.6 Å². The van der Waals surface area contributed by atoms with Gasteiger partial charge in [0.25, 0.3) is 0 Å². The van der Waals surface area contributed by atoms with Gasteiger partial charge in [-0.3, -0.25) is 4.79 Å². The molecule has 128 valence electrons. The molecule has 0 aliphatic rings. The van der Waals surface area contributed by atoms with Crippen LogP contribution in [0.5, 0.6) is 0 Å². The molecule has 0 aromatic rings. The lowest BCUT2D eigenvalue weighted by molar-refractivity contribution is -0.890. The number of nitrogens with zero attached hydrogens (tertiary/aromatic N) is 3. The van der Waals surface area contributed by atoms with E-state index in [-0.39, 0.29) is 18.4 Å². The van der Waals surface area contributed by atoms with Crippen LogP contribution in [0.2, 0.25) is 0 Å². The summed E-state index contributed by atoms with van der Waals surface area (Å²) in [5.74, 6) is -0.511. The number of nitrogens with one attached hydrogen (secondary N) is 1. The van der Waals surface area contributed by atoms with Crippen LogP contribution in [0.3, 0.4) is 0 Å². The number of aliphatic hydroxyl groups excluding tert-OH is 1. The minimum atomic E-state index is -0.629. The molecule has 0 bridgehead atoms. The summed E-state index contributed by atoms with van der Waals surface area (Å²) in [5, 5.41) is 29.5. The molecule has 23 heavy (non-hydrogen) atoms. The summed E-state index contributed by atoms with van der Waals surface area (Å²) in [4.78, 5) is 11.6. The molecule has 7 heteroatoms. The molecule has 0 fully saturated rings. The van der Waals surface area contributed by atoms with E-state index >= 15 is 0 Å². The number of carbonyl (C=O) groups excluding carboxylic acids is 1. The Balaban J connectivity index is 4.08. The lowest BCUT2D eigenvalue weighted by atomic mass is 10.1. The molecule has 0 heterocycles. The summed E-state index contributed by atoms with van der Waals surface area (Å²) in [5.41, 5.74) is -0.428. The fraction of sp³-hybridized carbons (Fsp3) is 0.688. The van der Waals surface area contributed by atoms with Crippen LogP contribution in [0.15, 0.2) is 11.5 Å². The monoisotopic (exact) mass is 323 g/mol. The van der Waals surface area contributed by atoms with Crippen molar-refractivity contribution in [1.29, 1.82) is 10.5 Å². The highest BCUT2D eigenvalue weighted by Gasteiger charge is 2.16. The van der Waals surface area contributed by atoms with Crippen molar-refractivity contribution in [2.45, 2.75) is 26.7 Å². The molecule has 0 saturated carbocycles. The maximum atomic E-state index is 11.6. The Hall–Kier alpha value is -2.25. The molecule has 7 nitrogen and oxygen atoms in total. The molecule has 1 amide bonds. The highest BCUT2D eigenvalue weighted by atomic mass is 16.6. The van der Waals surface area contributed by atoms with E-state index in [4.69, 9.17) is 15.3 Å². The quantitative estimate of drug-likeness (QED) is 0.274. The number of nitriles is 2. The Labute approximate surface area is 138 Å². The van der Waals surface area contributed by atoms with Crippen LogP contribution in [0, 0.1) is 28.6 Å². The van der Waals surface area contributed by atoms with Crippen molar-refractivity contribution < 1.29 is 19.1 Å². The van der Waals surface area contributed by atoms with Gasteiger partial charge >= 0.3 is 5.95 Å². The van der Waals surface area contributed by atoms with Gasteiger partial charge in [-0.25, -0.2) is 0 Å². The van der Waals surface area contributed by atoms with Gasteiger partial charge in [0.15, 0.2) is 0 Å². The first-order valence-corrected chi connectivity index (χ1v) is 7.73. The topological polar surface area (TPSA) is 106 Å². The Morgan fingerprint density at radius 2 is 1.91 bits per heavy atom. The van der Waals surface area contributed by atoms with Gasteiger partial charge in [0.1, 0.15) is 25.3 Å². The van der Waals surface area contributed by atoms with Crippen molar-refractivity contribution in [1.82, 2.24) is 5.32 Å². The van der Waals surface area contributed by atoms with Crippen LogP contribution < -0.4 is 5.32 Å². The van der Waals surface area contributed by atoms with Gasteiger partial charge in [-0.2, -0.15) is 10.5 Å². The molecular formula is C16H27N4O3+. The summed E-state index contributed by atoms with van der Waals surface area (Å²) in [6.07, 6.45) is 1.66. The first-order chi connectivity index (χ1) is 10.8. The van der Waals surface area contributed by atoms with Crippen molar-refractivity contribution in [2.75, 3.05) is 40.3 Å². The molecule has 0 aliphatic heterocycles. The second-order valence-electron chi connectivity index (χ2n) is 6.09. The third kappa shape index (κ3) is 8.70. The number of carbonyl (C=O) groups is 1. The molecule has 0 radical (unpaired) electrons. The minimum Gasteiger partial charge on any atom is -0.479 e. The van der Waals surface area contributed by atoms with Crippen LogP contribution in [0.4, 0.5) is 0 Å². The second-order valence-corrected chi connectivity index (χ2v) is 6.09. The van der Waals surface area contributed by atoms with E-state index in [2.05, 4.69) is 5.32 Å². The fourth-order valence-corrected chi connectivity index (χ4v) is 1.77. The summed E-state index contributed by atoms with van der Waals surface area (Å²) in [6, 6.07) is 3.13. The number of aliphatic hydroxyl groups is 1. The third-order valence-corrected chi connectivity index (χ3v) is 3.67. The lowest BCUT2D eigenvalue weighted by Crippen LogP contribution is -2.44. The summed E-state index contributed by atoms with van der Waals surface area (Å²) in [6.45, 7) is 6.15. The largest absolute Gasteiger partial charge is 0.479 e. The average molecular weight is 323 g/mol. The Kier molecular flexibility index (Phi) is 9.45. The zero-order valence-electron chi connectivity index (χ0n) is 14.4. The number of hydrogen-bond acceptors (Lipinski definition) is 5. The highest BCUT2D eigenvalue weighted by Crippen LogP contribution is 2.04. The molecule has 2 N–H and O–H groups in total. The zero-order chi connectivity index (χ0) is 17.9. The van der Waals surface area contributed by atoms with E-state index in [9.17, 15) is 9.90 Å². The van der Waals surface area contributed by atoms with Crippen LogP contribution in [0.25, 0.3) is 0 Å². The normalized spacial score (nSPS) is 11.7. The Bertz CT molecular complexity index is 484. The molecule has 0 aliphatic carbocycles. The zero-order valence-corrected chi connectivity index (χ0v) is 14.4.